The predicted octanol–water partition coefficient (Wildman–Crippen LogP) is 0.619. The van der Waals surface area contributed by atoms with Gasteiger partial charge in [0.1, 0.15) is 0 Å². The highest BCUT2D eigenvalue weighted by molar-refractivity contribution is 9.09. The lowest BCUT2D eigenvalue weighted by Gasteiger charge is -2.08. The van der Waals surface area contributed by atoms with E-state index in [-0.39, 0.29) is 23.1 Å². The molecule has 1 N–H and O–H groups in total. The Morgan fingerprint density at radius 1 is 1.73 bits per heavy atom. The fourth-order valence-electron chi connectivity index (χ4n) is 1.20. The van der Waals surface area contributed by atoms with E-state index >= 15 is 0 Å². The molecule has 1 saturated carbocycles. The summed E-state index contributed by atoms with van der Waals surface area (Å²) in [4.78, 5) is 21.8. The van der Waals surface area contributed by atoms with Gasteiger partial charge in [0, 0.05) is 6.42 Å². The normalized spacial score (nSPS) is 23.7. The van der Waals surface area contributed by atoms with E-state index in [2.05, 4.69) is 21.2 Å². The second-order valence-electron chi connectivity index (χ2n) is 2.61. The van der Waals surface area contributed by atoms with Crippen molar-refractivity contribution < 1.29 is 9.59 Å². The van der Waals surface area contributed by atoms with E-state index in [9.17, 15) is 9.59 Å². The van der Waals surface area contributed by atoms with E-state index in [4.69, 9.17) is 0 Å². The van der Waals surface area contributed by atoms with Crippen LogP contribution in [-0.2, 0) is 9.59 Å². The van der Waals surface area contributed by atoms with Crippen LogP contribution in [0.15, 0.2) is 0 Å². The number of hydrogen-bond acceptors (Lipinski definition) is 2. The minimum absolute atomic E-state index is 0.106. The molecule has 0 heterocycles. The van der Waals surface area contributed by atoms with Crippen LogP contribution in [0.5, 0.6) is 0 Å². The van der Waals surface area contributed by atoms with E-state index in [0.29, 0.717) is 6.42 Å². The molecule has 1 rings (SSSR count). The number of ketones is 1. The summed E-state index contributed by atoms with van der Waals surface area (Å²) in [5, 5.41) is 2.92. The lowest BCUT2D eigenvalue weighted by atomic mass is 10.2. The van der Waals surface area contributed by atoms with Crippen LogP contribution in [0.4, 0.5) is 0 Å². The number of rotatable bonds is 2. The third kappa shape index (κ3) is 2.29. The summed E-state index contributed by atoms with van der Waals surface area (Å²) in [5.41, 5.74) is 0. The molecule has 0 spiro atoms. The maximum Gasteiger partial charge on any atom is 0.231 e. The fourth-order valence-corrected chi connectivity index (χ4v) is 1.36. The first-order chi connectivity index (χ1) is 5.24. The number of carbonyl (C=O) groups excluding carboxylic acids is 2. The van der Waals surface area contributed by atoms with Crippen molar-refractivity contribution in [2.24, 2.45) is 0 Å². The summed E-state index contributed by atoms with van der Waals surface area (Å²) < 4.78 is 0. The van der Waals surface area contributed by atoms with Crippen molar-refractivity contribution in [3.63, 3.8) is 0 Å². The molecule has 0 saturated heterocycles. The summed E-state index contributed by atoms with van der Waals surface area (Å²) in [5.74, 6) is 0.0598. The molecule has 4 heteroatoms. The molecule has 0 aromatic carbocycles. The van der Waals surface area contributed by atoms with Gasteiger partial charge in [-0.15, -0.1) is 0 Å². The highest BCUT2D eigenvalue weighted by atomic mass is 79.9. The number of Topliss-reactive ketones (excluding diaryl/α,β-unsaturated/α-hetero) is 1. The van der Waals surface area contributed by atoms with Crippen LogP contribution in [0.2, 0.25) is 0 Å². The number of amides is 1. The average molecular weight is 220 g/mol. The Labute approximate surface area is 73.7 Å². The van der Waals surface area contributed by atoms with E-state index in [1.165, 1.54) is 0 Å². The molecular weight excluding hydrogens is 210 g/mol. The van der Waals surface area contributed by atoms with E-state index < -0.39 is 0 Å². The lowest BCUT2D eigenvalue weighted by molar-refractivity contribution is -0.125. The number of halogens is 1. The smallest absolute Gasteiger partial charge is 0.231 e. The quantitative estimate of drug-likeness (QED) is 0.693. The Hall–Kier alpha value is -0.380. The minimum Gasteiger partial charge on any atom is -0.346 e. The SMILES string of the molecule is O=C(CBr)NC1CCCC1=O. The van der Waals surface area contributed by atoms with E-state index in [1.807, 2.05) is 0 Å². The van der Waals surface area contributed by atoms with Gasteiger partial charge in [-0.25, -0.2) is 0 Å². The number of alkyl halides is 1. The molecule has 1 fully saturated rings. The van der Waals surface area contributed by atoms with Gasteiger partial charge in [0.2, 0.25) is 5.91 Å². The monoisotopic (exact) mass is 219 g/mol. The van der Waals surface area contributed by atoms with Gasteiger partial charge in [0.25, 0.3) is 0 Å². The molecule has 0 aromatic rings. The zero-order valence-electron chi connectivity index (χ0n) is 6.10. The Balaban J connectivity index is 2.36. The van der Waals surface area contributed by atoms with Crippen molar-refractivity contribution in [3.8, 4) is 0 Å². The Morgan fingerprint density at radius 3 is 2.91 bits per heavy atom. The molecule has 3 nitrogen and oxygen atoms in total. The standard InChI is InChI=1S/C7H10BrNO2/c8-4-7(11)9-5-2-1-3-6(5)10/h5H,1-4H2,(H,9,11). The van der Waals surface area contributed by atoms with Crippen LogP contribution < -0.4 is 5.32 Å². The number of hydrogen-bond donors (Lipinski definition) is 1. The van der Waals surface area contributed by atoms with Crippen LogP contribution >= 0.6 is 15.9 Å². The number of carbonyl (C=O) groups is 2. The van der Waals surface area contributed by atoms with Crippen molar-refractivity contribution in [1.29, 1.82) is 0 Å². The molecule has 1 aliphatic rings. The molecule has 1 unspecified atom stereocenters. The van der Waals surface area contributed by atoms with E-state index in [1.54, 1.807) is 0 Å². The molecular formula is C7H10BrNO2. The molecule has 0 aromatic heterocycles. The lowest BCUT2D eigenvalue weighted by Crippen LogP contribution is -2.38. The highest BCUT2D eigenvalue weighted by Crippen LogP contribution is 2.13. The third-order valence-corrected chi connectivity index (χ3v) is 2.27. The second kappa shape index (κ2) is 3.85. The van der Waals surface area contributed by atoms with Gasteiger partial charge in [0.05, 0.1) is 11.4 Å². The molecule has 0 radical (unpaired) electrons. The van der Waals surface area contributed by atoms with Crippen molar-refractivity contribution in [2.75, 3.05) is 5.33 Å². The zero-order chi connectivity index (χ0) is 8.27. The van der Waals surface area contributed by atoms with Gasteiger partial charge in [-0.05, 0) is 12.8 Å². The van der Waals surface area contributed by atoms with Crippen molar-refractivity contribution >= 4 is 27.6 Å². The maximum absolute atomic E-state index is 11.0. The molecule has 62 valence electrons. The fraction of sp³-hybridized carbons (Fsp3) is 0.714. The Bertz CT molecular complexity index is 181. The van der Waals surface area contributed by atoms with Gasteiger partial charge in [0.15, 0.2) is 5.78 Å². The predicted molar refractivity (Wildman–Crippen MR) is 44.6 cm³/mol. The second-order valence-corrected chi connectivity index (χ2v) is 3.17. The van der Waals surface area contributed by atoms with Crippen LogP contribution in [0, 0.1) is 0 Å². The summed E-state index contributed by atoms with van der Waals surface area (Å²) in [6, 6.07) is -0.208. The summed E-state index contributed by atoms with van der Waals surface area (Å²) >= 11 is 3.02. The van der Waals surface area contributed by atoms with Crippen molar-refractivity contribution in [2.45, 2.75) is 25.3 Å². The molecule has 1 atom stereocenters. The van der Waals surface area contributed by atoms with Gasteiger partial charge >= 0.3 is 0 Å². The average Bonchev–Trinajstić information content (AvgIpc) is 2.37. The zero-order valence-corrected chi connectivity index (χ0v) is 7.69. The highest BCUT2D eigenvalue weighted by Gasteiger charge is 2.24. The summed E-state index contributed by atoms with van der Waals surface area (Å²) in [7, 11) is 0. The molecule has 0 aliphatic heterocycles. The van der Waals surface area contributed by atoms with Crippen LogP contribution in [0.3, 0.4) is 0 Å². The first-order valence-electron chi connectivity index (χ1n) is 3.62. The molecule has 1 amide bonds. The van der Waals surface area contributed by atoms with Gasteiger partial charge in [-0.2, -0.15) is 0 Å². The number of nitrogens with one attached hydrogen (secondary N) is 1. The molecule has 11 heavy (non-hydrogen) atoms. The first kappa shape index (κ1) is 8.71. The van der Waals surface area contributed by atoms with Crippen LogP contribution in [0.1, 0.15) is 19.3 Å². The van der Waals surface area contributed by atoms with Crippen LogP contribution in [-0.4, -0.2) is 23.1 Å². The van der Waals surface area contributed by atoms with Crippen LogP contribution in [0.25, 0.3) is 0 Å². The molecule has 0 bridgehead atoms. The summed E-state index contributed by atoms with van der Waals surface area (Å²) in [6.07, 6.45) is 2.33. The largest absolute Gasteiger partial charge is 0.346 e. The molecule has 1 aliphatic carbocycles. The van der Waals surface area contributed by atoms with Crippen molar-refractivity contribution in [3.05, 3.63) is 0 Å². The summed E-state index contributed by atoms with van der Waals surface area (Å²) in [6.45, 7) is 0. The van der Waals surface area contributed by atoms with Gasteiger partial charge < -0.3 is 5.32 Å². The first-order valence-corrected chi connectivity index (χ1v) is 4.74. The Morgan fingerprint density at radius 2 is 2.45 bits per heavy atom. The van der Waals surface area contributed by atoms with Gasteiger partial charge in [-0.1, -0.05) is 15.9 Å². The van der Waals surface area contributed by atoms with Gasteiger partial charge in [-0.3, -0.25) is 9.59 Å². The van der Waals surface area contributed by atoms with E-state index in [0.717, 1.165) is 12.8 Å². The topological polar surface area (TPSA) is 46.2 Å². The van der Waals surface area contributed by atoms with Crippen molar-refractivity contribution in [1.82, 2.24) is 5.32 Å². The minimum atomic E-state index is -0.208. The Kier molecular flexibility index (Phi) is 3.05. The maximum atomic E-state index is 11.0. The third-order valence-electron chi connectivity index (χ3n) is 1.76.